The monoisotopic (exact) mass is 320 g/mol. The Labute approximate surface area is 130 Å². The molecule has 4 nitrogen and oxygen atoms in total. The minimum Gasteiger partial charge on any atom is -0.469 e. The maximum atomic E-state index is 5.98. The van der Waals surface area contributed by atoms with E-state index in [9.17, 15) is 0 Å². The SMILES string of the molecule is CCCCC[C@H]1O[C@@H]2OC(C)(C)O[C@@H]2[C@H]1OC(=S)SC. The van der Waals surface area contributed by atoms with Gasteiger partial charge in [-0.1, -0.05) is 37.9 Å². The van der Waals surface area contributed by atoms with E-state index in [1.54, 1.807) is 0 Å². The van der Waals surface area contributed by atoms with Crippen LogP contribution in [0.25, 0.3) is 0 Å². The molecule has 2 rings (SSSR count). The molecule has 0 amide bonds. The van der Waals surface area contributed by atoms with Crippen LogP contribution in [-0.2, 0) is 18.9 Å². The van der Waals surface area contributed by atoms with E-state index in [4.69, 9.17) is 31.2 Å². The second kappa shape index (κ2) is 6.92. The molecule has 0 radical (unpaired) electrons. The van der Waals surface area contributed by atoms with Crippen LogP contribution in [0.15, 0.2) is 0 Å². The molecule has 2 aliphatic heterocycles. The van der Waals surface area contributed by atoms with Gasteiger partial charge in [0, 0.05) is 0 Å². The lowest BCUT2D eigenvalue weighted by molar-refractivity contribution is -0.214. The van der Waals surface area contributed by atoms with E-state index in [1.165, 1.54) is 24.6 Å². The van der Waals surface area contributed by atoms with E-state index in [2.05, 4.69) is 6.92 Å². The van der Waals surface area contributed by atoms with Gasteiger partial charge in [-0.3, -0.25) is 0 Å². The molecule has 0 saturated carbocycles. The number of fused-ring (bicyclic) bond motifs is 1. The molecule has 6 heteroatoms. The molecule has 2 saturated heterocycles. The molecule has 0 spiro atoms. The van der Waals surface area contributed by atoms with Crippen LogP contribution < -0.4 is 0 Å². The van der Waals surface area contributed by atoms with E-state index < -0.39 is 5.79 Å². The molecule has 0 bridgehead atoms. The molecule has 0 aromatic carbocycles. The molecule has 116 valence electrons. The predicted octanol–water partition coefficient (Wildman–Crippen LogP) is 3.48. The van der Waals surface area contributed by atoms with Crippen LogP contribution in [0, 0.1) is 0 Å². The van der Waals surface area contributed by atoms with Gasteiger partial charge < -0.3 is 18.9 Å². The first-order valence-corrected chi connectivity index (χ1v) is 8.86. The highest BCUT2D eigenvalue weighted by atomic mass is 32.2. The zero-order valence-corrected chi connectivity index (χ0v) is 14.2. The number of thiocarbonyl (C=S) groups is 1. The molecule has 0 N–H and O–H groups in total. The number of hydrogen-bond acceptors (Lipinski definition) is 6. The van der Waals surface area contributed by atoms with E-state index in [1.807, 2.05) is 20.1 Å². The summed E-state index contributed by atoms with van der Waals surface area (Å²) in [6, 6.07) is 0. The van der Waals surface area contributed by atoms with Crippen LogP contribution in [-0.4, -0.2) is 41.0 Å². The summed E-state index contributed by atoms with van der Waals surface area (Å²) in [5, 5.41) is 0. The molecule has 4 atom stereocenters. The molecule has 0 aromatic heterocycles. The summed E-state index contributed by atoms with van der Waals surface area (Å²) >= 11 is 6.62. The summed E-state index contributed by atoms with van der Waals surface area (Å²) in [5.41, 5.74) is 0. The quantitative estimate of drug-likeness (QED) is 0.570. The maximum Gasteiger partial charge on any atom is 0.220 e. The van der Waals surface area contributed by atoms with E-state index in [0.29, 0.717) is 4.38 Å². The standard InChI is InChI=1S/C14H24O4S2/c1-5-6-7-8-9-10(16-13(19)20-4)11-12(15-9)18-14(2,3)17-11/h9-12H,5-8H2,1-4H3/t9-,10+,11-,12-/m1/s1. The average molecular weight is 320 g/mol. The predicted molar refractivity (Wildman–Crippen MR) is 83.8 cm³/mol. The Kier molecular flexibility index (Phi) is 5.71. The van der Waals surface area contributed by atoms with Crippen molar-refractivity contribution in [2.75, 3.05) is 6.26 Å². The van der Waals surface area contributed by atoms with E-state index in [-0.39, 0.29) is 24.6 Å². The van der Waals surface area contributed by atoms with Crippen molar-refractivity contribution in [1.29, 1.82) is 0 Å². The Balaban J connectivity index is 2.00. The fourth-order valence-corrected chi connectivity index (χ4v) is 2.99. The summed E-state index contributed by atoms with van der Waals surface area (Å²) in [7, 11) is 0. The van der Waals surface area contributed by atoms with Crippen molar-refractivity contribution in [3.63, 3.8) is 0 Å². The normalized spacial score (nSPS) is 35.0. The number of thioether (sulfide) groups is 1. The molecule has 20 heavy (non-hydrogen) atoms. The highest BCUT2D eigenvalue weighted by Gasteiger charge is 2.55. The number of hydrogen-bond donors (Lipinski definition) is 0. The minimum absolute atomic E-state index is 0.00208. The minimum atomic E-state index is -0.619. The number of unbranched alkanes of at least 4 members (excludes halogenated alkanes) is 2. The first-order valence-electron chi connectivity index (χ1n) is 7.22. The van der Waals surface area contributed by atoms with Crippen LogP contribution in [0.2, 0.25) is 0 Å². The van der Waals surface area contributed by atoms with Gasteiger partial charge in [0.05, 0.1) is 0 Å². The van der Waals surface area contributed by atoms with Crippen molar-refractivity contribution >= 4 is 28.4 Å². The van der Waals surface area contributed by atoms with Crippen LogP contribution in [0.1, 0.15) is 46.5 Å². The molecule has 0 unspecified atom stereocenters. The third kappa shape index (κ3) is 3.85. The summed E-state index contributed by atoms with van der Waals surface area (Å²) < 4.78 is 24.1. The van der Waals surface area contributed by atoms with E-state index in [0.717, 1.165) is 12.8 Å². The van der Waals surface area contributed by atoms with Gasteiger partial charge in [-0.25, -0.2) is 0 Å². The lowest BCUT2D eigenvalue weighted by Gasteiger charge is -2.26. The second-order valence-electron chi connectivity index (χ2n) is 5.68. The second-order valence-corrected chi connectivity index (χ2v) is 7.08. The maximum absolute atomic E-state index is 5.98. The highest BCUT2D eigenvalue weighted by Crippen LogP contribution is 2.40. The largest absolute Gasteiger partial charge is 0.469 e. The molecule has 0 aliphatic carbocycles. The number of rotatable bonds is 5. The third-order valence-electron chi connectivity index (χ3n) is 3.58. The van der Waals surface area contributed by atoms with Crippen LogP contribution in [0.5, 0.6) is 0 Å². The van der Waals surface area contributed by atoms with Crippen LogP contribution >= 0.6 is 24.0 Å². The van der Waals surface area contributed by atoms with Gasteiger partial charge in [-0.05, 0) is 38.7 Å². The van der Waals surface area contributed by atoms with Gasteiger partial charge in [-0.2, -0.15) is 0 Å². The molecule has 0 aromatic rings. The van der Waals surface area contributed by atoms with Gasteiger partial charge >= 0.3 is 0 Å². The number of ether oxygens (including phenoxy) is 4. The first-order chi connectivity index (χ1) is 9.46. The summed E-state index contributed by atoms with van der Waals surface area (Å²) in [6.45, 7) is 5.98. The Bertz CT molecular complexity index is 348. The fourth-order valence-electron chi connectivity index (χ4n) is 2.68. The van der Waals surface area contributed by atoms with Crippen LogP contribution in [0.4, 0.5) is 0 Å². The molecule has 2 aliphatic rings. The summed E-state index contributed by atoms with van der Waals surface area (Å²) in [5.74, 6) is -0.619. The fraction of sp³-hybridized carbons (Fsp3) is 0.929. The van der Waals surface area contributed by atoms with Crippen molar-refractivity contribution in [3.8, 4) is 0 Å². The summed E-state index contributed by atoms with van der Waals surface area (Å²) in [6.07, 6.45) is 5.67. The Morgan fingerprint density at radius 3 is 2.70 bits per heavy atom. The average Bonchev–Trinajstić information content (AvgIpc) is 2.83. The molecular weight excluding hydrogens is 296 g/mol. The molecule has 2 heterocycles. The van der Waals surface area contributed by atoms with Crippen molar-refractivity contribution in [2.45, 2.75) is 76.8 Å². The van der Waals surface area contributed by atoms with Gasteiger partial charge in [0.25, 0.3) is 0 Å². The van der Waals surface area contributed by atoms with Crippen molar-refractivity contribution in [1.82, 2.24) is 0 Å². The summed E-state index contributed by atoms with van der Waals surface area (Å²) in [4.78, 5) is 0. The van der Waals surface area contributed by atoms with Crippen molar-refractivity contribution in [2.24, 2.45) is 0 Å². The van der Waals surface area contributed by atoms with Gasteiger partial charge in [0.15, 0.2) is 24.3 Å². The topological polar surface area (TPSA) is 36.9 Å². The molecule has 2 fully saturated rings. The lowest BCUT2D eigenvalue weighted by atomic mass is 10.0. The lowest BCUT2D eigenvalue weighted by Crippen LogP contribution is -2.37. The third-order valence-corrected chi connectivity index (χ3v) is 4.60. The zero-order chi connectivity index (χ0) is 14.8. The van der Waals surface area contributed by atoms with Crippen molar-refractivity contribution < 1.29 is 18.9 Å². The Morgan fingerprint density at radius 2 is 2.05 bits per heavy atom. The Hall–Kier alpha value is 0.120. The van der Waals surface area contributed by atoms with Gasteiger partial charge in [0.1, 0.15) is 6.10 Å². The first kappa shape index (κ1) is 16.5. The van der Waals surface area contributed by atoms with E-state index >= 15 is 0 Å². The Morgan fingerprint density at radius 1 is 1.30 bits per heavy atom. The zero-order valence-electron chi connectivity index (χ0n) is 12.6. The van der Waals surface area contributed by atoms with Gasteiger partial charge in [0.2, 0.25) is 4.38 Å². The molecular formula is C14H24O4S2. The highest BCUT2D eigenvalue weighted by molar-refractivity contribution is 8.22. The van der Waals surface area contributed by atoms with Crippen molar-refractivity contribution in [3.05, 3.63) is 0 Å². The smallest absolute Gasteiger partial charge is 0.220 e. The van der Waals surface area contributed by atoms with Crippen LogP contribution in [0.3, 0.4) is 0 Å². The van der Waals surface area contributed by atoms with Gasteiger partial charge in [-0.15, -0.1) is 0 Å².